The number of carbonyl (C=O) groups is 1. The zero-order valence-corrected chi connectivity index (χ0v) is 9.87. The predicted molar refractivity (Wildman–Crippen MR) is 65.7 cm³/mol. The molecular weight excluding hydrogens is 224 g/mol. The molecule has 0 aliphatic rings. The van der Waals surface area contributed by atoms with Gasteiger partial charge in [0.1, 0.15) is 6.61 Å². The summed E-state index contributed by atoms with van der Waals surface area (Å²) in [6, 6.07) is 7.50. The molecule has 0 aliphatic heterocycles. The third-order valence-electron chi connectivity index (χ3n) is 2.27. The van der Waals surface area contributed by atoms with Crippen molar-refractivity contribution >= 4 is 23.6 Å². The molecule has 3 nitrogen and oxygen atoms in total. The van der Waals surface area contributed by atoms with Gasteiger partial charge in [-0.2, -0.15) is 0 Å². The molecule has 1 rings (SSSR count). The molecule has 1 N–H and O–H groups in total. The van der Waals surface area contributed by atoms with E-state index < -0.39 is 0 Å². The van der Waals surface area contributed by atoms with Crippen LogP contribution in [0.3, 0.4) is 0 Å². The molecule has 16 heavy (non-hydrogen) atoms. The molecule has 0 aromatic heterocycles. The van der Waals surface area contributed by atoms with Crippen molar-refractivity contribution in [2.45, 2.75) is 12.8 Å². The number of ether oxygens (including phenoxy) is 1. The third kappa shape index (κ3) is 3.40. The molecule has 1 atom stereocenters. The number of aliphatic hydroxyl groups is 1. The topological polar surface area (TPSA) is 46.5 Å². The lowest BCUT2D eigenvalue weighted by Gasteiger charge is -2.16. The molecule has 0 fully saturated rings. The summed E-state index contributed by atoms with van der Waals surface area (Å²) in [6.07, 6.45) is 0. The van der Waals surface area contributed by atoms with Crippen LogP contribution in [0.2, 0.25) is 0 Å². The quantitative estimate of drug-likeness (QED) is 0.626. The largest absolute Gasteiger partial charge is 0.465 e. The summed E-state index contributed by atoms with van der Waals surface area (Å²) in [5.41, 5.74) is 1.78. The number of carbonyl (C=O) groups excluding carboxylic acids is 1. The second-order valence-electron chi connectivity index (χ2n) is 3.43. The van der Waals surface area contributed by atoms with Gasteiger partial charge in [0.15, 0.2) is 0 Å². The summed E-state index contributed by atoms with van der Waals surface area (Å²) in [6.45, 7) is 1.44. The first-order valence-corrected chi connectivity index (χ1v) is 5.44. The second kappa shape index (κ2) is 6.35. The molecule has 0 radical (unpaired) electrons. The Balaban J connectivity index is 2.85. The molecule has 0 saturated heterocycles. The van der Waals surface area contributed by atoms with Crippen LogP contribution < -0.4 is 0 Å². The van der Waals surface area contributed by atoms with Gasteiger partial charge in [0.25, 0.3) is 0 Å². The lowest BCUT2D eigenvalue weighted by atomic mass is 9.96. The Morgan fingerprint density at radius 1 is 1.56 bits per heavy atom. The maximum Gasteiger partial charge on any atom is 0.302 e. The summed E-state index contributed by atoms with van der Waals surface area (Å²) in [5.74, 6) is -0.572. The number of benzene rings is 1. The Hall–Kier alpha value is -1.26. The van der Waals surface area contributed by atoms with Crippen molar-refractivity contribution in [2.24, 2.45) is 0 Å². The first-order chi connectivity index (χ1) is 7.69. The Bertz CT molecular complexity index is 376. The minimum Gasteiger partial charge on any atom is -0.465 e. The van der Waals surface area contributed by atoms with Crippen molar-refractivity contribution in [3.63, 3.8) is 0 Å². The van der Waals surface area contributed by atoms with E-state index in [2.05, 4.69) is 0 Å². The zero-order valence-electron chi connectivity index (χ0n) is 9.05. The van der Waals surface area contributed by atoms with Crippen molar-refractivity contribution in [2.75, 3.05) is 13.2 Å². The van der Waals surface area contributed by atoms with Gasteiger partial charge in [-0.1, -0.05) is 36.5 Å². The molecule has 0 amide bonds. The van der Waals surface area contributed by atoms with Gasteiger partial charge >= 0.3 is 5.97 Å². The van der Waals surface area contributed by atoms with Crippen molar-refractivity contribution in [3.05, 3.63) is 35.4 Å². The molecule has 86 valence electrons. The van der Waals surface area contributed by atoms with Gasteiger partial charge in [-0.05, 0) is 11.1 Å². The van der Waals surface area contributed by atoms with Gasteiger partial charge in [-0.3, -0.25) is 4.79 Å². The first-order valence-electron chi connectivity index (χ1n) is 4.97. The van der Waals surface area contributed by atoms with Gasteiger partial charge < -0.3 is 9.84 Å². The summed E-state index contributed by atoms with van der Waals surface area (Å²) in [7, 11) is 0. The lowest BCUT2D eigenvalue weighted by Crippen LogP contribution is -2.15. The standard InChI is InChI=1S/C12H14O3S/c1-9(14)15-7-11(6-13)12-5-3-2-4-10(12)8-16/h2-5,8,11,13H,6-7H2,1H3/t11-/m1/s1. The highest BCUT2D eigenvalue weighted by molar-refractivity contribution is 7.79. The van der Waals surface area contributed by atoms with Crippen LogP contribution in [-0.4, -0.2) is 29.7 Å². The van der Waals surface area contributed by atoms with Crippen LogP contribution >= 0.6 is 12.2 Å². The van der Waals surface area contributed by atoms with Crippen LogP contribution in [0.15, 0.2) is 24.3 Å². The first kappa shape index (κ1) is 12.8. The summed E-state index contributed by atoms with van der Waals surface area (Å²) >= 11 is 4.89. The monoisotopic (exact) mass is 238 g/mol. The number of aliphatic hydroxyl groups excluding tert-OH is 1. The van der Waals surface area contributed by atoms with Gasteiger partial charge in [-0.15, -0.1) is 0 Å². The maximum absolute atomic E-state index is 10.7. The molecule has 4 heteroatoms. The van der Waals surface area contributed by atoms with E-state index in [-0.39, 0.29) is 25.1 Å². The van der Waals surface area contributed by atoms with Gasteiger partial charge in [0.2, 0.25) is 0 Å². The number of rotatable bonds is 5. The highest BCUT2D eigenvalue weighted by Gasteiger charge is 2.14. The Morgan fingerprint density at radius 3 is 2.81 bits per heavy atom. The molecule has 0 saturated carbocycles. The highest BCUT2D eigenvalue weighted by Crippen LogP contribution is 2.19. The molecular formula is C12H14O3S. The van der Waals surface area contributed by atoms with Crippen molar-refractivity contribution < 1.29 is 14.6 Å². The minimum atomic E-state index is -0.349. The number of esters is 1. The van der Waals surface area contributed by atoms with E-state index in [1.165, 1.54) is 6.92 Å². The van der Waals surface area contributed by atoms with Crippen molar-refractivity contribution in [1.82, 2.24) is 0 Å². The van der Waals surface area contributed by atoms with Crippen molar-refractivity contribution in [3.8, 4) is 0 Å². The third-order valence-corrected chi connectivity index (χ3v) is 2.52. The minimum absolute atomic E-state index is 0.0759. The SMILES string of the molecule is CC(=O)OC[C@@H](CO)c1ccccc1C=S. The Labute approximate surface area is 100 Å². The van der Waals surface area contributed by atoms with Gasteiger partial charge in [-0.25, -0.2) is 0 Å². The highest BCUT2D eigenvalue weighted by atomic mass is 32.1. The number of hydrogen-bond donors (Lipinski definition) is 1. The number of hydrogen-bond acceptors (Lipinski definition) is 4. The molecule has 0 bridgehead atoms. The Morgan fingerprint density at radius 2 is 2.25 bits per heavy atom. The average molecular weight is 238 g/mol. The molecule has 0 heterocycles. The molecule has 0 spiro atoms. The fourth-order valence-corrected chi connectivity index (χ4v) is 1.66. The van der Waals surface area contributed by atoms with Crippen LogP contribution in [0.5, 0.6) is 0 Å². The smallest absolute Gasteiger partial charge is 0.302 e. The number of thiocarbonyl (C=S) groups is 1. The maximum atomic E-state index is 10.7. The van der Waals surface area contributed by atoms with E-state index in [1.807, 2.05) is 24.3 Å². The van der Waals surface area contributed by atoms with Crippen LogP contribution in [0.25, 0.3) is 0 Å². The van der Waals surface area contributed by atoms with Gasteiger partial charge in [0.05, 0.1) is 6.61 Å². The summed E-state index contributed by atoms with van der Waals surface area (Å²) in [4.78, 5) is 10.7. The fourth-order valence-electron chi connectivity index (χ4n) is 1.45. The van der Waals surface area contributed by atoms with Crippen LogP contribution in [-0.2, 0) is 9.53 Å². The summed E-state index contributed by atoms with van der Waals surface area (Å²) in [5, 5.41) is 10.8. The van der Waals surface area contributed by atoms with E-state index in [0.717, 1.165) is 11.1 Å². The van der Waals surface area contributed by atoms with E-state index in [0.29, 0.717) is 0 Å². The predicted octanol–water partition coefficient (Wildman–Crippen LogP) is 1.67. The van der Waals surface area contributed by atoms with Crippen LogP contribution in [0.1, 0.15) is 24.0 Å². The van der Waals surface area contributed by atoms with Crippen LogP contribution in [0.4, 0.5) is 0 Å². The lowest BCUT2D eigenvalue weighted by molar-refractivity contribution is -0.141. The zero-order chi connectivity index (χ0) is 12.0. The summed E-state index contributed by atoms with van der Waals surface area (Å²) < 4.78 is 4.90. The van der Waals surface area contributed by atoms with E-state index in [1.54, 1.807) is 5.37 Å². The molecule has 0 unspecified atom stereocenters. The molecule has 1 aromatic carbocycles. The van der Waals surface area contributed by atoms with E-state index in [4.69, 9.17) is 17.0 Å². The average Bonchev–Trinajstić information content (AvgIpc) is 2.30. The van der Waals surface area contributed by atoms with Gasteiger partial charge in [0, 0.05) is 18.2 Å². The van der Waals surface area contributed by atoms with Crippen LogP contribution in [0, 0.1) is 0 Å². The van der Waals surface area contributed by atoms with E-state index >= 15 is 0 Å². The molecule has 0 aliphatic carbocycles. The van der Waals surface area contributed by atoms with E-state index in [9.17, 15) is 9.90 Å². The second-order valence-corrected chi connectivity index (χ2v) is 3.66. The Kier molecular flexibility index (Phi) is 5.08. The van der Waals surface area contributed by atoms with Crippen molar-refractivity contribution in [1.29, 1.82) is 0 Å². The molecule has 1 aromatic rings. The fraction of sp³-hybridized carbons (Fsp3) is 0.333. The normalized spacial score (nSPS) is 11.9.